The van der Waals surface area contributed by atoms with Gasteiger partial charge in [-0.25, -0.2) is 9.98 Å². The van der Waals surface area contributed by atoms with E-state index < -0.39 is 60.0 Å². The van der Waals surface area contributed by atoms with Crippen molar-refractivity contribution in [3.8, 4) is 17.2 Å². The predicted octanol–water partition coefficient (Wildman–Crippen LogP) is 7.09. The third-order valence-corrected chi connectivity index (χ3v) is 14.3. The van der Waals surface area contributed by atoms with Crippen molar-refractivity contribution in [2.75, 3.05) is 19.8 Å². The van der Waals surface area contributed by atoms with Gasteiger partial charge in [-0.2, -0.15) is 0 Å². The first-order valence-corrected chi connectivity index (χ1v) is 24.5. The number of nitrogens with one attached hydrogen (secondary N) is 2. The Hall–Kier alpha value is -4.80. The summed E-state index contributed by atoms with van der Waals surface area (Å²) in [6.07, 6.45) is 10.4. The number of aliphatic imine (C=N–C) groups is 2. The van der Waals surface area contributed by atoms with E-state index >= 15 is 0 Å². The van der Waals surface area contributed by atoms with Gasteiger partial charge in [-0.3, -0.25) is 9.59 Å². The van der Waals surface area contributed by atoms with Crippen LogP contribution in [-0.2, 0) is 30.2 Å². The number of ketones is 1. The van der Waals surface area contributed by atoms with Crippen LogP contribution in [0.25, 0.3) is 11.8 Å². The molecular weight excluding hydrogens is 867 g/mol. The standard InChI is InChI=1S/C53H75N5O10/c1-27(2)14-13-20-53(12)21-19-35-45(68-53)34(17-15-28(3)4)46-42(47(35)66-50-36(60)24-37-38(64-50)25-63-52(10,11)67-37)43-41(32(9)57-51(58-43)56-26-54)48(65-46)40-31(8)44(61)33(39(40)29(5)6)18-16-30(7)49(62)55-22-23-59/h14-16,19,21,26,29,31-33,36-40,48,50,59-60H,13,17-18,20,22-25H2,1-12H3,(H,55,62)(H3,54,56,57,58). The van der Waals surface area contributed by atoms with Crippen molar-refractivity contribution in [1.82, 2.24) is 10.6 Å². The van der Waals surface area contributed by atoms with Gasteiger partial charge < -0.3 is 55.0 Å². The molecular formula is C53H75N5O10. The van der Waals surface area contributed by atoms with Crippen molar-refractivity contribution in [2.45, 2.75) is 163 Å². The fourth-order valence-electron chi connectivity index (χ4n) is 10.9. The van der Waals surface area contributed by atoms with Crippen molar-refractivity contribution in [3.05, 3.63) is 63.3 Å². The molecule has 1 amide bonds. The van der Waals surface area contributed by atoms with Crippen LogP contribution in [0.15, 0.2) is 56.6 Å². The number of benzene rings is 1. The summed E-state index contributed by atoms with van der Waals surface area (Å²) in [4.78, 5) is 37.0. The molecule has 68 heavy (non-hydrogen) atoms. The molecule has 0 bridgehead atoms. The van der Waals surface area contributed by atoms with Crippen LogP contribution in [0.5, 0.6) is 17.2 Å². The highest BCUT2D eigenvalue weighted by atomic mass is 16.8. The maximum Gasteiger partial charge on any atom is 0.246 e. The lowest BCUT2D eigenvalue weighted by Gasteiger charge is -2.47. The second-order valence-electron chi connectivity index (χ2n) is 20.8. The first kappa shape index (κ1) is 51.1. The van der Waals surface area contributed by atoms with E-state index in [4.69, 9.17) is 39.1 Å². The van der Waals surface area contributed by atoms with E-state index in [2.05, 4.69) is 88.4 Å². The van der Waals surface area contributed by atoms with E-state index in [-0.39, 0.29) is 55.6 Å². The average molecular weight is 942 g/mol. The number of nitrogens with two attached hydrogens (primary N) is 1. The molecule has 11 atom stereocenters. The van der Waals surface area contributed by atoms with Crippen LogP contribution in [0.2, 0.25) is 0 Å². The molecule has 5 aliphatic heterocycles. The predicted molar refractivity (Wildman–Crippen MR) is 263 cm³/mol. The lowest BCUT2D eigenvalue weighted by atomic mass is 9.72. The van der Waals surface area contributed by atoms with Gasteiger partial charge in [0.05, 0.1) is 48.5 Å². The van der Waals surface area contributed by atoms with Gasteiger partial charge in [-0.1, -0.05) is 50.1 Å². The number of hydrogen-bond acceptors (Lipinski definition) is 13. The number of aliphatic hydroxyl groups is 2. The number of allylic oxidation sites excluding steroid dienone is 5. The molecule has 1 aromatic carbocycles. The molecule has 15 heteroatoms. The third-order valence-electron chi connectivity index (χ3n) is 14.3. The van der Waals surface area contributed by atoms with E-state index in [1.54, 1.807) is 6.92 Å². The minimum atomic E-state index is -1.13. The minimum Gasteiger partial charge on any atom is -0.484 e. The maximum absolute atomic E-state index is 14.7. The Morgan fingerprint density at radius 2 is 1.82 bits per heavy atom. The average Bonchev–Trinajstić information content (AvgIpc) is 3.51. The first-order valence-electron chi connectivity index (χ1n) is 24.5. The van der Waals surface area contributed by atoms with Gasteiger partial charge in [0.15, 0.2) is 5.79 Å². The molecule has 1 aromatic rings. The van der Waals surface area contributed by atoms with Gasteiger partial charge in [-0.05, 0) is 112 Å². The van der Waals surface area contributed by atoms with Crippen molar-refractivity contribution in [2.24, 2.45) is 45.3 Å². The zero-order valence-corrected chi connectivity index (χ0v) is 42.1. The Morgan fingerprint density at radius 3 is 2.50 bits per heavy atom. The Bertz CT molecular complexity index is 2320. The van der Waals surface area contributed by atoms with Gasteiger partial charge in [-0.15, -0.1) is 0 Å². The van der Waals surface area contributed by atoms with Crippen LogP contribution in [0.4, 0.5) is 0 Å². The molecule has 11 unspecified atom stereocenters. The summed E-state index contributed by atoms with van der Waals surface area (Å²) in [5, 5.41) is 27.4. The SMILES string of the molecule is CC(C)=CCCC1(C)C=Cc2c(c(CC=C(C)C)c3c(c2OC2OC4COC(C)(C)OC4CC2O)C2=C(C(C)N=C(N=CN)N2)C(C2C(C)C(=O)C(CC=C(C)C(=O)NCCO)C2C(C)C)O3)O1. The van der Waals surface area contributed by atoms with Gasteiger partial charge in [0, 0.05) is 47.4 Å². The zero-order valence-electron chi connectivity index (χ0n) is 42.1. The minimum absolute atomic E-state index is 0.0484. The Kier molecular flexibility index (Phi) is 15.5. The van der Waals surface area contributed by atoms with E-state index in [1.807, 2.05) is 33.8 Å². The fraction of sp³-hybridized carbons (Fsp3) is 0.623. The highest BCUT2D eigenvalue weighted by Crippen LogP contribution is 2.58. The second-order valence-corrected chi connectivity index (χ2v) is 20.8. The number of fused-ring (bicyclic) bond motifs is 4. The Morgan fingerprint density at radius 1 is 1.09 bits per heavy atom. The smallest absolute Gasteiger partial charge is 0.246 e. The molecule has 0 spiro atoms. The molecule has 1 saturated carbocycles. The van der Waals surface area contributed by atoms with Crippen molar-refractivity contribution in [3.63, 3.8) is 0 Å². The topological polar surface area (TPSA) is 205 Å². The third kappa shape index (κ3) is 10.5. The summed E-state index contributed by atoms with van der Waals surface area (Å²) in [7, 11) is 0. The molecule has 6 N–H and O–H groups in total. The monoisotopic (exact) mass is 942 g/mol. The number of guanidine groups is 1. The molecule has 372 valence electrons. The summed E-state index contributed by atoms with van der Waals surface area (Å²) in [5.74, 6) is -0.441. The number of Topliss-reactive ketones (excluding diaryl/α,β-unsaturated/α-hetero) is 1. The molecule has 0 aromatic heterocycles. The number of aliphatic hydroxyl groups excluding tert-OH is 2. The summed E-state index contributed by atoms with van der Waals surface area (Å²) < 4.78 is 40.7. The van der Waals surface area contributed by atoms with Crippen LogP contribution in [-0.4, -0.2) is 102 Å². The molecule has 0 radical (unpaired) electrons. The Balaban J connectivity index is 1.43. The summed E-state index contributed by atoms with van der Waals surface area (Å²) in [6, 6.07) is -0.484. The highest BCUT2D eigenvalue weighted by molar-refractivity contribution is 6.00. The molecule has 5 heterocycles. The maximum atomic E-state index is 14.7. The lowest BCUT2D eigenvalue weighted by molar-refractivity contribution is -0.352. The fourth-order valence-corrected chi connectivity index (χ4v) is 10.9. The largest absolute Gasteiger partial charge is 0.484 e. The van der Waals surface area contributed by atoms with Crippen molar-refractivity contribution >= 4 is 35.8 Å². The van der Waals surface area contributed by atoms with E-state index in [9.17, 15) is 19.8 Å². The number of rotatable bonds is 14. The molecule has 7 rings (SSSR count). The first-order chi connectivity index (χ1) is 32.2. The van der Waals surface area contributed by atoms with Gasteiger partial charge in [0.25, 0.3) is 0 Å². The Labute approximate surface area is 402 Å². The zero-order chi connectivity index (χ0) is 49.4. The summed E-state index contributed by atoms with van der Waals surface area (Å²) in [6.45, 7) is 24.3. The number of nitrogens with zero attached hydrogens (tertiary/aromatic N) is 2. The summed E-state index contributed by atoms with van der Waals surface area (Å²) in [5.41, 5.74) is 11.6. The molecule has 6 aliphatic rings. The van der Waals surface area contributed by atoms with Crippen LogP contribution >= 0.6 is 0 Å². The van der Waals surface area contributed by atoms with E-state index in [0.29, 0.717) is 64.9 Å². The normalized spacial score (nSPS) is 31.7. The quantitative estimate of drug-likeness (QED) is 0.0549. The number of carbonyl (C=O) groups is 2. The molecule has 15 nitrogen and oxygen atoms in total. The van der Waals surface area contributed by atoms with Gasteiger partial charge in [0.1, 0.15) is 46.9 Å². The van der Waals surface area contributed by atoms with Crippen molar-refractivity contribution in [1.29, 1.82) is 0 Å². The van der Waals surface area contributed by atoms with Gasteiger partial charge in [0.2, 0.25) is 18.2 Å². The van der Waals surface area contributed by atoms with Crippen LogP contribution < -0.4 is 30.6 Å². The molecule has 2 saturated heterocycles. The number of hydrogen-bond donors (Lipinski definition) is 5. The summed E-state index contributed by atoms with van der Waals surface area (Å²) >= 11 is 0. The molecule has 3 fully saturated rings. The van der Waals surface area contributed by atoms with Gasteiger partial charge >= 0.3 is 0 Å². The number of ether oxygens (including phenoxy) is 6. The number of carbonyl (C=O) groups excluding carboxylic acids is 2. The van der Waals surface area contributed by atoms with Crippen LogP contribution in [0.1, 0.15) is 125 Å². The van der Waals surface area contributed by atoms with E-state index in [0.717, 1.165) is 23.1 Å². The van der Waals surface area contributed by atoms with Crippen molar-refractivity contribution < 1.29 is 48.2 Å². The molecule has 1 aliphatic carbocycles. The lowest BCUT2D eigenvalue weighted by Crippen LogP contribution is -2.58. The highest BCUT2D eigenvalue weighted by Gasteiger charge is 2.56. The number of amides is 1. The van der Waals surface area contributed by atoms with Crippen LogP contribution in [0, 0.1) is 29.6 Å². The van der Waals surface area contributed by atoms with Crippen LogP contribution in [0.3, 0.4) is 0 Å². The van der Waals surface area contributed by atoms with E-state index in [1.165, 1.54) is 11.9 Å². The second kappa shape index (κ2) is 20.7.